The van der Waals surface area contributed by atoms with Gasteiger partial charge in [-0.15, -0.1) is 0 Å². The number of carbonyl (C=O) groups excluding carboxylic acids is 1. The van der Waals surface area contributed by atoms with Crippen LogP contribution in [0.25, 0.3) is 10.8 Å². The summed E-state index contributed by atoms with van der Waals surface area (Å²) in [4.78, 5) is 12.5. The van der Waals surface area contributed by atoms with Crippen LogP contribution < -0.4 is 0 Å². The molecule has 0 N–H and O–H groups in total. The minimum Gasteiger partial charge on any atom is -0.299 e. The minimum absolute atomic E-state index is 0.0948. The second kappa shape index (κ2) is 5.05. The van der Waals surface area contributed by atoms with Gasteiger partial charge in [0.2, 0.25) is 0 Å². The zero-order chi connectivity index (χ0) is 16.3. The van der Waals surface area contributed by atoms with Crippen LogP contribution in [-0.2, 0) is 23.1 Å². The van der Waals surface area contributed by atoms with Crippen molar-refractivity contribution in [3.8, 4) is 0 Å². The summed E-state index contributed by atoms with van der Waals surface area (Å²) in [5, 5.41) is 2.72. The highest BCUT2D eigenvalue weighted by Crippen LogP contribution is 2.58. The van der Waals surface area contributed by atoms with E-state index in [-0.39, 0.29) is 5.41 Å². The van der Waals surface area contributed by atoms with Gasteiger partial charge >= 0.3 is 0 Å². The summed E-state index contributed by atoms with van der Waals surface area (Å²) >= 11 is 0. The molecule has 1 nitrogen and oxygen atoms in total. The molecule has 0 heterocycles. The quantitative estimate of drug-likeness (QED) is 0.701. The average molecular weight is 316 g/mol. The number of fused-ring (bicyclic) bond motifs is 6. The predicted octanol–water partition coefficient (Wildman–Crippen LogP) is 5.14. The first-order valence-corrected chi connectivity index (χ1v) is 9.44. The molecule has 0 radical (unpaired) electrons. The van der Waals surface area contributed by atoms with Crippen molar-refractivity contribution in [2.45, 2.75) is 50.9 Å². The van der Waals surface area contributed by atoms with Crippen molar-refractivity contribution >= 4 is 16.6 Å². The lowest BCUT2D eigenvalue weighted by Gasteiger charge is -2.40. The Morgan fingerprint density at radius 2 is 2.12 bits per heavy atom. The molecule has 3 atom stereocenters. The van der Waals surface area contributed by atoms with E-state index >= 15 is 0 Å². The van der Waals surface area contributed by atoms with Gasteiger partial charge in [-0.25, -0.2) is 0 Å². The maximum Gasteiger partial charge on any atom is 0.138 e. The van der Waals surface area contributed by atoms with Crippen LogP contribution in [0.15, 0.2) is 42.5 Å². The fraction of sp³-hybridized carbons (Fsp3) is 0.435. The van der Waals surface area contributed by atoms with Crippen molar-refractivity contribution in [2.75, 3.05) is 0 Å². The summed E-state index contributed by atoms with van der Waals surface area (Å²) in [6, 6.07) is 11.4. The number of aryl methyl sites for hydroxylation is 1. The molecular formula is C23H24O. The molecule has 3 aliphatic rings. The van der Waals surface area contributed by atoms with Gasteiger partial charge < -0.3 is 0 Å². The smallest absolute Gasteiger partial charge is 0.138 e. The Morgan fingerprint density at radius 3 is 2.88 bits per heavy atom. The Balaban J connectivity index is 1.76. The number of ketones is 1. The SMILES string of the molecule is CCCc1cccc2cc3c(cc12)C1(CC(=O)C3)CC2C=CC1C2. The molecule has 1 fully saturated rings. The van der Waals surface area contributed by atoms with Crippen LogP contribution in [0, 0.1) is 11.8 Å². The Morgan fingerprint density at radius 1 is 1.21 bits per heavy atom. The molecule has 5 rings (SSSR count). The lowest BCUT2D eigenvalue weighted by Crippen LogP contribution is -2.38. The summed E-state index contributed by atoms with van der Waals surface area (Å²) in [6.45, 7) is 2.25. The van der Waals surface area contributed by atoms with Crippen molar-refractivity contribution in [1.29, 1.82) is 0 Å². The molecule has 0 saturated heterocycles. The Labute approximate surface area is 143 Å². The zero-order valence-corrected chi connectivity index (χ0v) is 14.3. The molecule has 24 heavy (non-hydrogen) atoms. The molecule has 2 aromatic rings. The Hall–Kier alpha value is -1.89. The number of allylic oxidation sites excluding steroid dienone is 2. The van der Waals surface area contributed by atoms with Gasteiger partial charge in [-0.3, -0.25) is 4.79 Å². The van der Waals surface area contributed by atoms with E-state index in [1.165, 1.54) is 46.7 Å². The van der Waals surface area contributed by atoms with E-state index in [0.717, 1.165) is 12.8 Å². The number of hydrogen-bond acceptors (Lipinski definition) is 1. The minimum atomic E-state index is 0.0948. The molecular weight excluding hydrogens is 292 g/mol. The summed E-state index contributed by atoms with van der Waals surface area (Å²) < 4.78 is 0. The lowest BCUT2D eigenvalue weighted by molar-refractivity contribution is -0.120. The average Bonchev–Trinajstić information content (AvgIpc) is 3.15. The van der Waals surface area contributed by atoms with Gasteiger partial charge in [0.05, 0.1) is 0 Å². The van der Waals surface area contributed by atoms with Gasteiger partial charge in [-0.2, -0.15) is 0 Å². The summed E-state index contributed by atoms with van der Waals surface area (Å²) in [5.74, 6) is 1.70. The molecule has 1 saturated carbocycles. The molecule has 2 bridgehead atoms. The van der Waals surface area contributed by atoms with Crippen molar-refractivity contribution < 1.29 is 4.79 Å². The van der Waals surface area contributed by atoms with Gasteiger partial charge in [0.25, 0.3) is 0 Å². The molecule has 122 valence electrons. The van der Waals surface area contributed by atoms with E-state index in [0.29, 0.717) is 24.0 Å². The zero-order valence-electron chi connectivity index (χ0n) is 14.3. The van der Waals surface area contributed by atoms with Gasteiger partial charge in [0.1, 0.15) is 5.78 Å². The largest absolute Gasteiger partial charge is 0.299 e. The molecule has 3 aliphatic carbocycles. The molecule has 0 aliphatic heterocycles. The first-order valence-electron chi connectivity index (χ1n) is 9.44. The maximum atomic E-state index is 12.5. The molecule has 1 heteroatoms. The van der Waals surface area contributed by atoms with Crippen LogP contribution in [0.2, 0.25) is 0 Å². The van der Waals surface area contributed by atoms with E-state index in [1.54, 1.807) is 0 Å². The van der Waals surface area contributed by atoms with Crippen molar-refractivity contribution in [3.63, 3.8) is 0 Å². The van der Waals surface area contributed by atoms with Crippen LogP contribution >= 0.6 is 0 Å². The van der Waals surface area contributed by atoms with Gasteiger partial charge in [0, 0.05) is 18.3 Å². The standard InChI is InChI=1S/C23H24O/c1-2-4-16-5-3-6-17-10-18-11-20(24)14-23(22(18)12-21(16)17)13-15-7-8-19(23)9-15/h3,5-8,10,12,15,19H,2,4,9,11,13-14H2,1H3. The van der Waals surface area contributed by atoms with Crippen molar-refractivity contribution in [1.82, 2.24) is 0 Å². The van der Waals surface area contributed by atoms with E-state index in [9.17, 15) is 4.79 Å². The van der Waals surface area contributed by atoms with E-state index in [2.05, 4.69) is 49.4 Å². The monoisotopic (exact) mass is 316 g/mol. The van der Waals surface area contributed by atoms with Crippen LogP contribution in [0.5, 0.6) is 0 Å². The number of hydrogen-bond donors (Lipinski definition) is 0. The summed E-state index contributed by atoms with van der Waals surface area (Å²) in [6.07, 6.45) is 10.9. The van der Waals surface area contributed by atoms with Gasteiger partial charge in [-0.1, -0.05) is 49.8 Å². The molecule has 0 aromatic heterocycles. The van der Waals surface area contributed by atoms with Crippen molar-refractivity contribution in [3.05, 3.63) is 59.2 Å². The highest BCUT2D eigenvalue weighted by atomic mass is 16.1. The fourth-order valence-electron chi connectivity index (χ4n) is 5.72. The number of carbonyl (C=O) groups is 1. The van der Waals surface area contributed by atoms with Crippen molar-refractivity contribution in [2.24, 2.45) is 11.8 Å². The topological polar surface area (TPSA) is 17.1 Å². The normalized spacial score (nSPS) is 30.5. The molecule has 2 aromatic carbocycles. The molecule has 1 spiro atoms. The number of Topliss-reactive ketones (excluding diaryl/α,β-unsaturated/α-hetero) is 1. The molecule has 0 amide bonds. The first-order chi connectivity index (χ1) is 11.7. The highest BCUT2D eigenvalue weighted by Gasteiger charge is 2.52. The maximum absolute atomic E-state index is 12.5. The fourth-order valence-corrected chi connectivity index (χ4v) is 5.72. The van der Waals surface area contributed by atoms with E-state index < -0.39 is 0 Å². The first kappa shape index (κ1) is 14.5. The van der Waals surface area contributed by atoms with Crippen LogP contribution in [0.3, 0.4) is 0 Å². The van der Waals surface area contributed by atoms with E-state index in [1.807, 2.05) is 0 Å². The summed E-state index contributed by atoms with van der Waals surface area (Å²) in [7, 11) is 0. The Bertz CT molecular complexity index is 875. The number of rotatable bonds is 2. The van der Waals surface area contributed by atoms with Gasteiger partial charge in [0.15, 0.2) is 0 Å². The molecule has 3 unspecified atom stereocenters. The Kier molecular flexibility index (Phi) is 3.04. The second-order valence-corrected chi connectivity index (χ2v) is 8.14. The number of benzene rings is 2. The van der Waals surface area contributed by atoms with Crippen LogP contribution in [0.4, 0.5) is 0 Å². The third-order valence-electron chi connectivity index (χ3n) is 6.66. The third kappa shape index (κ3) is 1.90. The van der Waals surface area contributed by atoms with Crippen LogP contribution in [0.1, 0.15) is 49.3 Å². The van der Waals surface area contributed by atoms with Gasteiger partial charge in [-0.05, 0) is 64.6 Å². The predicted molar refractivity (Wildman–Crippen MR) is 98.3 cm³/mol. The third-order valence-corrected chi connectivity index (χ3v) is 6.66. The highest BCUT2D eigenvalue weighted by molar-refractivity contribution is 5.92. The lowest BCUT2D eigenvalue weighted by atomic mass is 9.62. The van der Waals surface area contributed by atoms with E-state index in [4.69, 9.17) is 0 Å². The van der Waals surface area contributed by atoms with Crippen LogP contribution in [-0.4, -0.2) is 5.78 Å². The summed E-state index contributed by atoms with van der Waals surface area (Å²) in [5.41, 5.74) is 4.35. The second-order valence-electron chi connectivity index (χ2n) is 8.14.